The lowest BCUT2D eigenvalue weighted by atomic mass is 10.1. The molecule has 0 unspecified atom stereocenters. The molecule has 3 heterocycles. The Morgan fingerprint density at radius 2 is 1.83 bits per heavy atom. The lowest BCUT2D eigenvalue weighted by Gasteiger charge is -2.23. The van der Waals surface area contributed by atoms with Gasteiger partial charge in [0.05, 0.1) is 6.33 Å². The van der Waals surface area contributed by atoms with E-state index in [2.05, 4.69) is 15.0 Å². The molecule has 2 aromatic rings. The normalized spacial score (nSPS) is 23.7. The molecule has 13 nitrogen and oxygen atoms in total. The summed E-state index contributed by atoms with van der Waals surface area (Å²) in [4.78, 5) is 56.9. The summed E-state index contributed by atoms with van der Waals surface area (Å²) >= 11 is 0. The molecule has 1 saturated heterocycles. The first-order valence-electron chi connectivity index (χ1n) is 8.53. The number of hydrogen-bond acceptors (Lipinski definition) is 11. The fraction of sp³-hybridized carbons (Fsp3) is 0.500. The maximum atomic E-state index is 12.0. The molecule has 2 aromatic heterocycles. The summed E-state index contributed by atoms with van der Waals surface area (Å²) < 4.78 is 22.8. The summed E-state index contributed by atoms with van der Waals surface area (Å²) in [7, 11) is 0. The SMILES string of the molecule is CC(=O)OC[C@@H]1O[C@@H](n2cnc3c(=O)[nH]c(N)nc32)[C@@H](OC(C)=O)[C@H]1OC(C)=O. The van der Waals surface area contributed by atoms with E-state index >= 15 is 0 Å². The molecule has 0 amide bonds. The van der Waals surface area contributed by atoms with Gasteiger partial charge in [-0.1, -0.05) is 0 Å². The van der Waals surface area contributed by atoms with Crippen molar-refractivity contribution < 1.29 is 33.3 Å². The van der Waals surface area contributed by atoms with Crippen LogP contribution in [0.3, 0.4) is 0 Å². The molecule has 0 saturated carbocycles. The van der Waals surface area contributed by atoms with Crippen LogP contribution in [-0.4, -0.2) is 62.3 Å². The van der Waals surface area contributed by atoms with Crippen molar-refractivity contribution in [1.82, 2.24) is 19.5 Å². The third-order valence-corrected chi connectivity index (χ3v) is 4.07. The molecular formula is C16H19N5O8. The molecule has 0 aromatic carbocycles. The molecule has 1 fully saturated rings. The van der Waals surface area contributed by atoms with Crippen LogP contribution in [-0.2, 0) is 33.3 Å². The highest BCUT2D eigenvalue weighted by molar-refractivity contribution is 5.71. The molecule has 0 aliphatic carbocycles. The topological polar surface area (TPSA) is 178 Å². The number of anilines is 1. The number of nitrogens with zero attached hydrogens (tertiary/aromatic N) is 3. The number of aromatic amines is 1. The number of rotatable bonds is 5. The average molecular weight is 409 g/mol. The zero-order valence-corrected chi connectivity index (χ0v) is 15.8. The van der Waals surface area contributed by atoms with Gasteiger partial charge in [0, 0.05) is 20.8 Å². The van der Waals surface area contributed by atoms with E-state index in [9.17, 15) is 19.2 Å². The molecule has 13 heteroatoms. The molecule has 29 heavy (non-hydrogen) atoms. The Hall–Kier alpha value is -3.48. The van der Waals surface area contributed by atoms with E-state index in [4.69, 9.17) is 24.7 Å². The van der Waals surface area contributed by atoms with Gasteiger partial charge in [0.2, 0.25) is 5.95 Å². The first-order valence-corrected chi connectivity index (χ1v) is 8.53. The van der Waals surface area contributed by atoms with E-state index in [0.717, 1.165) is 0 Å². The van der Waals surface area contributed by atoms with E-state index < -0.39 is 48.0 Å². The van der Waals surface area contributed by atoms with Crippen LogP contribution in [0.1, 0.15) is 27.0 Å². The number of hydrogen-bond donors (Lipinski definition) is 2. The smallest absolute Gasteiger partial charge is 0.303 e. The number of nitrogen functional groups attached to an aromatic ring is 1. The number of aromatic nitrogens is 4. The number of ether oxygens (including phenoxy) is 4. The lowest BCUT2D eigenvalue weighted by Crippen LogP contribution is -2.40. The number of nitrogens with two attached hydrogens (primary N) is 1. The summed E-state index contributed by atoms with van der Waals surface area (Å²) in [5, 5.41) is 0. The van der Waals surface area contributed by atoms with Crippen LogP contribution in [0.4, 0.5) is 5.95 Å². The number of esters is 3. The van der Waals surface area contributed by atoms with Crippen LogP contribution >= 0.6 is 0 Å². The molecule has 0 spiro atoms. The van der Waals surface area contributed by atoms with Crippen molar-refractivity contribution >= 4 is 35.0 Å². The zero-order chi connectivity index (χ0) is 21.3. The maximum Gasteiger partial charge on any atom is 0.303 e. The molecule has 156 valence electrons. The predicted molar refractivity (Wildman–Crippen MR) is 94.2 cm³/mol. The van der Waals surface area contributed by atoms with Crippen molar-refractivity contribution in [3.63, 3.8) is 0 Å². The van der Waals surface area contributed by atoms with Crippen molar-refractivity contribution in [3.05, 3.63) is 16.7 Å². The van der Waals surface area contributed by atoms with Crippen LogP contribution in [0.15, 0.2) is 11.1 Å². The minimum Gasteiger partial charge on any atom is -0.463 e. The average Bonchev–Trinajstić information content (AvgIpc) is 3.15. The summed E-state index contributed by atoms with van der Waals surface area (Å²) in [5.74, 6) is -2.04. The Morgan fingerprint density at radius 1 is 1.17 bits per heavy atom. The highest BCUT2D eigenvalue weighted by atomic mass is 16.7. The van der Waals surface area contributed by atoms with E-state index in [1.807, 2.05) is 0 Å². The van der Waals surface area contributed by atoms with Gasteiger partial charge in [-0.3, -0.25) is 28.7 Å². The monoisotopic (exact) mass is 409 g/mol. The standard InChI is InChI=1S/C16H19N5O8/c1-6(22)26-4-9-11(27-7(2)23)12(28-8(3)24)15(29-9)21-5-18-10-13(21)19-16(17)20-14(10)25/h5,9,11-12,15H,4H2,1-3H3,(H3,17,19,20,25)/t9-,11-,12-,15+/m0/s1. The Bertz CT molecular complexity index is 1010. The van der Waals surface area contributed by atoms with E-state index in [-0.39, 0.29) is 23.7 Å². The third kappa shape index (κ3) is 4.18. The van der Waals surface area contributed by atoms with Gasteiger partial charge in [-0.05, 0) is 0 Å². The fourth-order valence-electron chi connectivity index (χ4n) is 3.05. The van der Waals surface area contributed by atoms with Crippen LogP contribution in [0, 0.1) is 0 Å². The van der Waals surface area contributed by atoms with Crippen molar-refractivity contribution in [2.75, 3.05) is 12.3 Å². The highest BCUT2D eigenvalue weighted by Gasteiger charge is 2.51. The minimum absolute atomic E-state index is 0.0168. The predicted octanol–water partition coefficient (Wildman–Crippen LogP) is -0.974. The minimum atomic E-state index is -1.13. The van der Waals surface area contributed by atoms with Crippen LogP contribution < -0.4 is 11.3 Å². The Morgan fingerprint density at radius 3 is 2.45 bits per heavy atom. The van der Waals surface area contributed by atoms with Crippen LogP contribution in [0.2, 0.25) is 0 Å². The quantitative estimate of drug-likeness (QED) is 0.458. The number of carbonyl (C=O) groups excluding carboxylic acids is 3. The van der Waals surface area contributed by atoms with Gasteiger partial charge < -0.3 is 24.7 Å². The highest BCUT2D eigenvalue weighted by Crippen LogP contribution is 2.35. The number of imidazole rings is 1. The molecular weight excluding hydrogens is 390 g/mol. The van der Waals surface area contributed by atoms with Gasteiger partial charge >= 0.3 is 17.9 Å². The summed E-state index contributed by atoms with van der Waals surface area (Å²) in [5.41, 5.74) is 5.09. The first-order chi connectivity index (χ1) is 13.7. The maximum absolute atomic E-state index is 12.0. The van der Waals surface area contributed by atoms with Crippen LogP contribution in [0.5, 0.6) is 0 Å². The molecule has 0 bridgehead atoms. The van der Waals surface area contributed by atoms with Crippen molar-refractivity contribution in [3.8, 4) is 0 Å². The molecule has 0 radical (unpaired) electrons. The van der Waals surface area contributed by atoms with Gasteiger partial charge in [0.1, 0.15) is 12.7 Å². The van der Waals surface area contributed by atoms with Gasteiger partial charge in [0.25, 0.3) is 5.56 Å². The second kappa shape index (κ2) is 7.87. The Kier molecular flexibility index (Phi) is 5.50. The number of nitrogens with one attached hydrogen (secondary N) is 1. The molecule has 3 N–H and O–H groups in total. The second-order valence-electron chi connectivity index (χ2n) is 6.29. The van der Waals surface area contributed by atoms with E-state index in [1.165, 1.54) is 31.7 Å². The first kappa shape index (κ1) is 20.3. The van der Waals surface area contributed by atoms with Gasteiger partial charge in [-0.25, -0.2) is 4.98 Å². The fourth-order valence-corrected chi connectivity index (χ4v) is 3.05. The Balaban J connectivity index is 2.05. The summed E-state index contributed by atoms with van der Waals surface area (Å²) in [6.07, 6.45) is -2.99. The Labute approximate surface area is 163 Å². The van der Waals surface area contributed by atoms with Gasteiger partial charge in [0.15, 0.2) is 29.6 Å². The number of H-pyrrole nitrogens is 1. The van der Waals surface area contributed by atoms with Gasteiger partial charge in [-0.2, -0.15) is 4.98 Å². The molecule has 4 atom stereocenters. The van der Waals surface area contributed by atoms with Crippen molar-refractivity contribution in [1.29, 1.82) is 0 Å². The third-order valence-electron chi connectivity index (χ3n) is 4.07. The molecule has 1 aliphatic rings. The van der Waals surface area contributed by atoms with Crippen molar-refractivity contribution in [2.45, 2.75) is 45.3 Å². The zero-order valence-electron chi connectivity index (χ0n) is 15.8. The number of fused-ring (bicyclic) bond motifs is 1. The second-order valence-corrected chi connectivity index (χ2v) is 6.29. The van der Waals surface area contributed by atoms with E-state index in [0.29, 0.717) is 0 Å². The van der Waals surface area contributed by atoms with Crippen molar-refractivity contribution in [2.24, 2.45) is 0 Å². The summed E-state index contributed by atoms with van der Waals surface area (Å²) in [6, 6.07) is 0. The van der Waals surface area contributed by atoms with E-state index in [1.54, 1.807) is 0 Å². The van der Waals surface area contributed by atoms with Gasteiger partial charge in [-0.15, -0.1) is 0 Å². The van der Waals surface area contributed by atoms with Crippen LogP contribution in [0.25, 0.3) is 11.2 Å². The summed E-state index contributed by atoms with van der Waals surface area (Å²) in [6.45, 7) is 3.30. The molecule has 1 aliphatic heterocycles. The number of carbonyl (C=O) groups is 3. The largest absolute Gasteiger partial charge is 0.463 e. The lowest BCUT2D eigenvalue weighted by molar-refractivity contribution is -0.166. The molecule has 3 rings (SSSR count).